The van der Waals surface area contributed by atoms with Crippen molar-refractivity contribution in [2.24, 2.45) is 0 Å². The largest absolute Gasteiger partial charge is 0.497 e. The zero-order valence-electron chi connectivity index (χ0n) is 15.9. The second-order valence-electron chi connectivity index (χ2n) is 5.99. The van der Waals surface area contributed by atoms with Gasteiger partial charge in [0.25, 0.3) is 0 Å². The van der Waals surface area contributed by atoms with Crippen LogP contribution in [-0.2, 0) is 9.84 Å². The van der Waals surface area contributed by atoms with E-state index in [9.17, 15) is 8.42 Å². The molecule has 0 heterocycles. The third kappa shape index (κ3) is 4.85. The molecule has 6 nitrogen and oxygen atoms in total. The third-order valence-corrected chi connectivity index (χ3v) is 6.10. The van der Waals surface area contributed by atoms with Crippen molar-refractivity contribution >= 4 is 38.5 Å². The smallest absolute Gasteiger partial charge is 0.206 e. The summed E-state index contributed by atoms with van der Waals surface area (Å²) in [6.07, 6.45) is 0. The Morgan fingerprint density at radius 2 is 1.52 bits per heavy atom. The number of sulfone groups is 1. The molecule has 0 radical (unpaired) electrons. The predicted octanol–water partition coefficient (Wildman–Crippen LogP) is 4.35. The van der Waals surface area contributed by atoms with E-state index < -0.39 is 9.84 Å². The number of ether oxygens (including phenoxy) is 2. The lowest BCUT2D eigenvalue weighted by atomic mass is 10.3. The molecular formula is C21H20N2O4S2. The Balaban J connectivity index is 1.84. The van der Waals surface area contributed by atoms with Gasteiger partial charge < -0.3 is 20.1 Å². The Morgan fingerprint density at radius 3 is 2.14 bits per heavy atom. The van der Waals surface area contributed by atoms with E-state index >= 15 is 0 Å². The molecule has 0 saturated heterocycles. The number of hydrogen-bond donors (Lipinski definition) is 2. The van der Waals surface area contributed by atoms with Gasteiger partial charge in [-0.15, -0.1) is 0 Å². The minimum Gasteiger partial charge on any atom is -0.497 e. The summed E-state index contributed by atoms with van der Waals surface area (Å²) < 4.78 is 36.3. The lowest BCUT2D eigenvalue weighted by molar-refractivity contribution is 0.415. The molecule has 0 fully saturated rings. The summed E-state index contributed by atoms with van der Waals surface area (Å²) >= 11 is 5.36. The highest BCUT2D eigenvalue weighted by Gasteiger charge is 2.19. The molecule has 0 aliphatic rings. The monoisotopic (exact) mass is 428 g/mol. The van der Waals surface area contributed by atoms with Crippen molar-refractivity contribution in [3.63, 3.8) is 0 Å². The first-order chi connectivity index (χ1) is 13.9. The molecule has 0 atom stereocenters. The first kappa shape index (κ1) is 20.6. The van der Waals surface area contributed by atoms with Gasteiger partial charge in [0.05, 0.1) is 29.7 Å². The van der Waals surface area contributed by atoms with Gasteiger partial charge in [-0.25, -0.2) is 8.42 Å². The number of methoxy groups -OCH3 is 2. The van der Waals surface area contributed by atoms with Crippen LogP contribution in [0.15, 0.2) is 82.6 Å². The highest BCUT2D eigenvalue weighted by atomic mass is 32.2. The zero-order valence-corrected chi connectivity index (χ0v) is 17.5. The van der Waals surface area contributed by atoms with E-state index in [0.29, 0.717) is 16.5 Å². The Kier molecular flexibility index (Phi) is 6.36. The Morgan fingerprint density at radius 1 is 0.828 bits per heavy atom. The van der Waals surface area contributed by atoms with Crippen LogP contribution < -0.4 is 20.1 Å². The topological polar surface area (TPSA) is 76.7 Å². The van der Waals surface area contributed by atoms with Gasteiger partial charge in [0.15, 0.2) is 5.11 Å². The Bertz CT molecular complexity index is 1100. The number of nitrogens with one attached hydrogen (secondary N) is 2. The lowest BCUT2D eigenvalue weighted by Gasteiger charge is -2.15. The molecule has 29 heavy (non-hydrogen) atoms. The van der Waals surface area contributed by atoms with Gasteiger partial charge in [-0.05, 0) is 66.8 Å². The first-order valence-electron chi connectivity index (χ1n) is 8.64. The molecular weight excluding hydrogens is 408 g/mol. The molecule has 3 aromatic rings. The number of rotatable bonds is 6. The second kappa shape index (κ2) is 8.93. The van der Waals surface area contributed by atoms with Crippen LogP contribution in [0.5, 0.6) is 11.5 Å². The number of anilines is 2. The van der Waals surface area contributed by atoms with Crippen LogP contribution in [0.4, 0.5) is 11.4 Å². The molecule has 0 bridgehead atoms. The average Bonchev–Trinajstić information content (AvgIpc) is 2.74. The molecule has 2 N–H and O–H groups in total. The maximum absolute atomic E-state index is 12.9. The normalized spacial score (nSPS) is 10.8. The van der Waals surface area contributed by atoms with Crippen LogP contribution in [0, 0.1) is 0 Å². The summed E-state index contributed by atoms with van der Waals surface area (Å²) in [7, 11) is -0.562. The molecule has 0 amide bonds. The van der Waals surface area contributed by atoms with Crippen molar-refractivity contribution in [1.82, 2.24) is 0 Å². The fourth-order valence-electron chi connectivity index (χ4n) is 2.65. The highest BCUT2D eigenvalue weighted by Crippen LogP contribution is 2.30. The van der Waals surface area contributed by atoms with Gasteiger partial charge in [-0.2, -0.15) is 0 Å². The Hall–Kier alpha value is -3.10. The standard InChI is InChI=1S/C21H20N2O4S2/c1-26-16-10-8-15(9-11-16)22-21(28)23-19-14-18(12-13-20(19)27-2)29(24,25)17-6-4-3-5-7-17/h3-14H,1-2H3,(H2,22,23,28). The summed E-state index contributed by atoms with van der Waals surface area (Å²) in [5.41, 5.74) is 1.20. The van der Waals surface area contributed by atoms with Crippen LogP contribution in [-0.4, -0.2) is 27.7 Å². The molecule has 3 rings (SSSR count). The molecule has 3 aromatic carbocycles. The van der Waals surface area contributed by atoms with Gasteiger partial charge in [0.2, 0.25) is 9.84 Å². The van der Waals surface area contributed by atoms with Crippen LogP contribution in [0.2, 0.25) is 0 Å². The average molecular weight is 429 g/mol. The van der Waals surface area contributed by atoms with Crippen LogP contribution in [0.3, 0.4) is 0 Å². The van der Waals surface area contributed by atoms with Crippen molar-refractivity contribution in [1.29, 1.82) is 0 Å². The number of thiocarbonyl (C=S) groups is 1. The maximum Gasteiger partial charge on any atom is 0.206 e. The van der Waals surface area contributed by atoms with E-state index in [1.807, 2.05) is 12.1 Å². The molecule has 0 aromatic heterocycles. The van der Waals surface area contributed by atoms with Crippen LogP contribution in [0.25, 0.3) is 0 Å². The molecule has 150 valence electrons. The van der Waals surface area contributed by atoms with Crippen LogP contribution in [0.1, 0.15) is 0 Å². The van der Waals surface area contributed by atoms with Crippen molar-refractivity contribution in [2.45, 2.75) is 9.79 Å². The van der Waals surface area contributed by atoms with Gasteiger partial charge >= 0.3 is 0 Å². The maximum atomic E-state index is 12.9. The van der Waals surface area contributed by atoms with Crippen LogP contribution >= 0.6 is 12.2 Å². The van der Waals surface area contributed by atoms with Gasteiger partial charge in [-0.1, -0.05) is 18.2 Å². The fourth-order valence-corrected chi connectivity index (χ4v) is 4.18. The van der Waals surface area contributed by atoms with Crippen molar-refractivity contribution in [2.75, 3.05) is 24.9 Å². The van der Waals surface area contributed by atoms with E-state index in [1.54, 1.807) is 55.6 Å². The van der Waals surface area contributed by atoms with E-state index in [1.165, 1.54) is 19.2 Å². The van der Waals surface area contributed by atoms with E-state index in [0.717, 1.165) is 11.4 Å². The first-order valence-corrected chi connectivity index (χ1v) is 10.5. The fraction of sp³-hybridized carbons (Fsp3) is 0.0952. The minimum absolute atomic E-state index is 0.138. The van der Waals surface area contributed by atoms with Crippen molar-refractivity contribution in [3.8, 4) is 11.5 Å². The predicted molar refractivity (Wildman–Crippen MR) is 118 cm³/mol. The molecule has 0 unspecified atom stereocenters. The second-order valence-corrected chi connectivity index (χ2v) is 8.34. The van der Waals surface area contributed by atoms with Gasteiger partial charge in [0, 0.05) is 5.69 Å². The van der Waals surface area contributed by atoms with Crippen molar-refractivity contribution < 1.29 is 17.9 Å². The number of hydrogen-bond acceptors (Lipinski definition) is 5. The summed E-state index contributed by atoms with van der Waals surface area (Å²) in [5, 5.41) is 6.34. The SMILES string of the molecule is COc1ccc(NC(=S)Nc2cc(S(=O)(=O)c3ccccc3)ccc2OC)cc1. The molecule has 8 heteroatoms. The quantitative estimate of drug-likeness (QED) is 0.566. The van der Waals surface area contributed by atoms with E-state index in [4.69, 9.17) is 21.7 Å². The molecule has 0 aliphatic heterocycles. The molecule has 0 spiro atoms. The summed E-state index contributed by atoms with van der Waals surface area (Å²) in [6, 6.07) is 20.1. The lowest BCUT2D eigenvalue weighted by Crippen LogP contribution is -2.19. The Labute approximate surface area is 175 Å². The molecule has 0 aliphatic carbocycles. The van der Waals surface area contributed by atoms with Gasteiger partial charge in [-0.3, -0.25) is 0 Å². The summed E-state index contributed by atoms with van der Waals surface area (Å²) in [6.45, 7) is 0. The van der Waals surface area contributed by atoms with Crippen molar-refractivity contribution in [3.05, 3.63) is 72.8 Å². The summed E-state index contributed by atoms with van der Waals surface area (Å²) in [5.74, 6) is 1.20. The van der Waals surface area contributed by atoms with E-state index in [2.05, 4.69) is 10.6 Å². The van der Waals surface area contributed by atoms with E-state index in [-0.39, 0.29) is 9.79 Å². The summed E-state index contributed by atoms with van der Waals surface area (Å²) in [4.78, 5) is 0.356. The highest BCUT2D eigenvalue weighted by molar-refractivity contribution is 7.91. The zero-order chi connectivity index (χ0) is 20.9. The van der Waals surface area contributed by atoms with Gasteiger partial charge in [0.1, 0.15) is 11.5 Å². The molecule has 0 saturated carbocycles. The third-order valence-electron chi connectivity index (χ3n) is 4.13. The number of benzene rings is 3. The minimum atomic E-state index is -3.66.